The van der Waals surface area contributed by atoms with Gasteiger partial charge in [-0.25, -0.2) is 10.2 Å². The van der Waals surface area contributed by atoms with E-state index in [1.165, 1.54) is 18.3 Å². The Balaban J connectivity index is 1.73. The number of hydrazone groups is 1. The highest BCUT2D eigenvalue weighted by atomic mass is 35.5. The average Bonchev–Trinajstić information content (AvgIpc) is 2.53. The summed E-state index contributed by atoms with van der Waals surface area (Å²) in [6.45, 7) is -0.246. The number of urea groups is 1. The van der Waals surface area contributed by atoms with Gasteiger partial charge >= 0.3 is 6.03 Å². The summed E-state index contributed by atoms with van der Waals surface area (Å²) >= 11 is 5.81. The molecule has 0 aliphatic heterocycles. The molecule has 0 aliphatic carbocycles. The summed E-state index contributed by atoms with van der Waals surface area (Å²) < 4.78 is 0. The zero-order chi connectivity index (χ0) is 17.4. The summed E-state index contributed by atoms with van der Waals surface area (Å²) in [7, 11) is 0. The van der Waals surface area contributed by atoms with E-state index in [-0.39, 0.29) is 12.3 Å². The van der Waals surface area contributed by atoms with Gasteiger partial charge in [-0.05, 0) is 35.9 Å². The lowest BCUT2D eigenvalue weighted by Crippen LogP contribution is -2.37. The SMILES string of the molecule is O=C(CNC(=O)Nc1cccc(Cl)c1)NN=Cc1cccc(O)c1. The van der Waals surface area contributed by atoms with Crippen LogP contribution in [0.15, 0.2) is 53.6 Å². The number of anilines is 1. The Hall–Kier alpha value is -3.06. The molecule has 4 N–H and O–H groups in total. The molecule has 2 aromatic carbocycles. The molecule has 0 aromatic heterocycles. The minimum atomic E-state index is -0.538. The molecule has 0 atom stereocenters. The molecule has 3 amide bonds. The van der Waals surface area contributed by atoms with E-state index in [1.54, 1.807) is 36.4 Å². The standard InChI is InChI=1S/C16H15ClN4O3/c17-12-4-2-5-13(8-12)20-16(24)18-10-15(23)21-19-9-11-3-1-6-14(22)7-11/h1-9,22H,10H2,(H,21,23)(H2,18,20,24). The molecular formula is C16H15ClN4O3. The maximum absolute atomic E-state index is 11.6. The number of nitrogens with one attached hydrogen (secondary N) is 3. The number of carbonyl (C=O) groups is 2. The van der Waals surface area contributed by atoms with Crippen LogP contribution in [0.1, 0.15) is 5.56 Å². The van der Waals surface area contributed by atoms with Crippen LogP contribution >= 0.6 is 11.6 Å². The molecule has 124 valence electrons. The first-order valence-corrected chi connectivity index (χ1v) is 7.32. The Morgan fingerprint density at radius 1 is 1.17 bits per heavy atom. The summed E-state index contributed by atoms with van der Waals surface area (Å²) in [5, 5.41) is 18.5. The van der Waals surface area contributed by atoms with Gasteiger partial charge in [-0.1, -0.05) is 29.8 Å². The molecule has 0 fully saturated rings. The molecule has 0 heterocycles. The molecule has 2 rings (SSSR count). The molecular weight excluding hydrogens is 332 g/mol. The van der Waals surface area contributed by atoms with Crippen molar-refractivity contribution in [2.24, 2.45) is 5.10 Å². The van der Waals surface area contributed by atoms with Crippen molar-refractivity contribution in [2.45, 2.75) is 0 Å². The molecule has 0 bridgehead atoms. The molecule has 0 radical (unpaired) electrons. The van der Waals surface area contributed by atoms with Crippen LogP contribution in [0.3, 0.4) is 0 Å². The van der Waals surface area contributed by atoms with Crippen LogP contribution in [0.25, 0.3) is 0 Å². The monoisotopic (exact) mass is 346 g/mol. The molecule has 0 saturated carbocycles. The van der Waals surface area contributed by atoms with Gasteiger partial charge in [0.2, 0.25) is 0 Å². The van der Waals surface area contributed by atoms with E-state index in [4.69, 9.17) is 11.6 Å². The second-order valence-corrected chi connectivity index (χ2v) is 5.14. The number of carbonyl (C=O) groups excluding carboxylic acids is 2. The zero-order valence-corrected chi connectivity index (χ0v) is 13.2. The molecule has 0 unspecified atom stereocenters. The molecule has 0 aliphatic rings. The third-order valence-corrected chi connectivity index (χ3v) is 3.00. The van der Waals surface area contributed by atoms with E-state index >= 15 is 0 Å². The highest BCUT2D eigenvalue weighted by molar-refractivity contribution is 6.30. The van der Waals surface area contributed by atoms with Crippen molar-refractivity contribution in [3.05, 3.63) is 59.1 Å². The van der Waals surface area contributed by atoms with Gasteiger partial charge < -0.3 is 15.7 Å². The Kier molecular flexibility index (Phi) is 6.16. The van der Waals surface area contributed by atoms with Crippen molar-refractivity contribution in [1.82, 2.24) is 10.7 Å². The van der Waals surface area contributed by atoms with E-state index in [1.807, 2.05) is 0 Å². The van der Waals surface area contributed by atoms with E-state index < -0.39 is 11.9 Å². The van der Waals surface area contributed by atoms with Crippen LogP contribution in [0.5, 0.6) is 5.75 Å². The maximum Gasteiger partial charge on any atom is 0.319 e. The van der Waals surface area contributed by atoms with Crippen LogP contribution in [0, 0.1) is 0 Å². The Morgan fingerprint density at radius 3 is 2.71 bits per heavy atom. The summed E-state index contributed by atoms with van der Waals surface area (Å²) in [4.78, 5) is 23.2. The number of aromatic hydroxyl groups is 1. The molecule has 24 heavy (non-hydrogen) atoms. The Morgan fingerprint density at radius 2 is 1.96 bits per heavy atom. The summed E-state index contributed by atoms with van der Waals surface area (Å²) in [6.07, 6.45) is 1.38. The van der Waals surface area contributed by atoms with Crippen molar-refractivity contribution >= 4 is 35.4 Å². The molecule has 0 spiro atoms. The number of rotatable bonds is 5. The minimum absolute atomic E-state index is 0.102. The van der Waals surface area contributed by atoms with E-state index in [0.29, 0.717) is 16.3 Å². The van der Waals surface area contributed by atoms with E-state index in [0.717, 1.165) is 0 Å². The maximum atomic E-state index is 11.6. The lowest BCUT2D eigenvalue weighted by Gasteiger charge is -2.07. The first kappa shape index (κ1) is 17.3. The highest BCUT2D eigenvalue weighted by Gasteiger charge is 2.05. The molecule has 2 aromatic rings. The quantitative estimate of drug-likeness (QED) is 0.493. The summed E-state index contributed by atoms with van der Waals surface area (Å²) in [6, 6.07) is 12.5. The van der Waals surface area contributed by atoms with Gasteiger partial charge in [0.05, 0.1) is 6.21 Å². The van der Waals surface area contributed by atoms with Crippen LogP contribution < -0.4 is 16.1 Å². The van der Waals surface area contributed by atoms with Crippen LogP contribution in [0.4, 0.5) is 10.5 Å². The number of hydrogen-bond donors (Lipinski definition) is 4. The first-order chi connectivity index (χ1) is 11.5. The van der Waals surface area contributed by atoms with Gasteiger partial charge in [-0.15, -0.1) is 0 Å². The summed E-state index contributed by atoms with van der Waals surface area (Å²) in [5.41, 5.74) is 3.41. The highest BCUT2D eigenvalue weighted by Crippen LogP contribution is 2.14. The van der Waals surface area contributed by atoms with Gasteiger partial charge in [-0.2, -0.15) is 5.10 Å². The second-order valence-electron chi connectivity index (χ2n) is 4.71. The largest absolute Gasteiger partial charge is 0.508 e. The number of halogens is 1. The fraction of sp³-hybridized carbons (Fsp3) is 0.0625. The predicted octanol–water partition coefficient (Wildman–Crippen LogP) is 2.32. The number of amides is 3. The van der Waals surface area contributed by atoms with Crippen LogP contribution in [-0.4, -0.2) is 29.8 Å². The van der Waals surface area contributed by atoms with Crippen molar-refractivity contribution < 1.29 is 14.7 Å². The number of phenolic OH excluding ortho intramolecular Hbond substituents is 1. The Bertz CT molecular complexity index is 764. The van der Waals surface area contributed by atoms with Gasteiger partial charge in [0.1, 0.15) is 12.3 Å². The van der Waals surface area contributed by atoms with E-state index in [9.17, 15) is 14.7 Å². The van der Waals surface area contributed by atoms with Gasteiger partial charge in [0.25, 0.3) is 5.91 Å². The van der Waals surface area contributed by atoms with Crippen molar-refractivity contribution in [3.63, 3.8) is 0 Å². The van der Waals surface area contributed by atoms with Gasteiger partial charge in [0, 0.05) is 10.7 Å². The fourth-order valence-electron chi connectivity index (χ4n) is 1.73. The molecule has 0 saturated heterocycles. The van der Waals surface area contributed by atoms with Gasteiger partial charge in [-0.3, -0.25) is 4.79 Å². The molecule has 7 nitrogen and oxygen atoms in total. The minimum Gasteiger partial charge on any atom is -0.508 e. The summed E-state index contributed by atoms with van der Waals surface area (Å²) in [5.74, 6) is -0.391. The predicted molar refractivity (Wildman–Crippen MR) is 92.3 cm³/mol. The van der Waals surface area contributed by atoms with Crippen molar-refractivity contribution in [3.8, 4) is 5.75 Å². The zero-order valence-electron chi connectivity index (χ0n) is 12.5. The fourth-order valence-corrected chi connectivity index (χ4v) is 1.92. The van der Waals surface area contributed by atoms with Crippen LogP contribution in [-0.2, 0) is 4.79 Å². The number of hydrogen-bond acceptors (Lipinski definition) is 4. The lowest BCUT2D eigenvalue weighted by atomic mass is 10.2. The van der Waals surface area contributed by atoms with Crippen LogP contribution in [0.2, 0.25) is 5.02 Å². The number of nitrogens with zero attached hydrogens (tertiary/aromatic N) is 1. The van der Waals surface area contributed by atoms with Crippen molar-refractivity contribution in [1.29, 1.82) is 0 Å². The molecule has 8 heteroatoms. The van der Waals surface area contributed by atoms with Crippen molar-refractivity contribution in [2.75, 3.05) is 11.9 Å². The first-order valence-electron chi connectivity index (χ1n) is 6.94. The third-order valence-electron chi connectivity index (χ3n) is 2.77. The smallest absolute Gasteiger partial charge is 0.319 e. The van der Waals surface area contributed by atoms with Gasteiger partial charge in [0.15, 0.2) is 0 Å². The normalized spacial score (nSPS) is 10.4. The topological polar surface area (TPSA) is 103 Å². The number of benzene rings is 2. The third kappa shape index (κ3) is 5.98. The Labute approximate surface area is 143 Å². The lowest BCUT2D eigenvalue weighted by molar-refractivity contribution is -0.120. The second kappa shape index (κ2) is 8.54. The number of phenols is 1. The average molecular weight is 347 g/mol. The van der Waals surface area contributed by atoms with E-state index in [2.05, 4.69) is 21.2 Å².